The van der Waals surface area contributed by atoms with E-state index in [-0.39, 0.29) is 0 Å². The van der Waals surface area contributed by atoms with Crippen molar-refractivity contribution in [1.29, 1.82) is 0 Å². The first kappa shape index (κ1) is 8.02. The summed E-state index contributed by atoms with van der Waals surface area (Å²) in [6, 6.07) is 0.731. The van der Waals surface area contributed by atoms with Crippen molar-refractivity contribution in [3.63, 3.8) is 0 Å². The van der Waals surface area contributed by atoms with Gasteiger partial charge in [0.15, 0.2) is 0 Å². The maximum absolute atomic E-state index is 3.35. The van der Waals surface area contributed by atoms with Crippen LogP contribution in [0.1, 0.15) is 13.3 Å². The van der Waals surface area contributed by atoms with Crippen molar-refractivity contribution >= 4 is 0 Å². The largest absolute Gasteiger partial charge is 0.315 e. The van der Waals surface area contributed by atoms with Gasteiger partial charge >= 0.3 is 0 Å². The summed E-state index contributed by atoms with van der Waals surface area (Å²) in [4.78, 5) is 2.40. The average molecular weight is 142 g/mol. The fourth-order valence-corrected chi connectivity index (χ4v) is 1.83. The van der Waals surface area contributed by atoms with E-state index in [1.54, 1.807) is 0 Å². The Morgan fingerprint density at radius 1 is 1.50 bits per heavy atom. The highest BCUT2D eigenvalue weighted by atomic mass is 15.2. The molecule has 1 rings (SSSR count). The summed E-state index contributed by atoms with van der Waals surface area (Å²) in [6.07, 6.45) is 1.30. The van der Waals surface area contributed by atoms with Gasteiger partial charge in [-0.3, -0.25) is 0 Å². The molecule has 0 aliphatic carbocycles. The predicted molar refractivity (Wildman–Crippen MR) is 44.1 cm³/mol. The second-order valence-corrected chi connectivity index (χ2v) is 3.28. The summed E-state index contributed by atoms with van der Waals surface area (Å²) in [6.45, 7) is 4.76. The number of nitrogens with one attached hydrogen (secondary N) is 1. The maximum atomic E-state index is 3.35. The molecular formula is C8H18N2. The van der Waals surface area contributed by atoms with Crippen molar-refractivity contribution in [2.45, 2.75) is 19.4 Å². The molecule has 2 heteroatoms. The van der Waals surface area contributed by atoms with Crippen LogP contribution in [0.25, 0.3) is 0 Å². The smallest absolute Gasteiger partial charge is 0.0232 e. The zero-order chi connectivity index (χ0) is 7.56. The standard InChI is InChI=1S/C8H18N2/c1-4-7-5-10(3)6-8(7)9-2/h7-9H,4-6H2,1-3H3. The van der Waals surface area contributed by atoms with Crippen LogP contribution in [-0.4, -0.2) is 38.1 Å². The Morgan fingerprint density at radius 3 is 2.60 bits per heavy atom. The van der Waals surface area contributed by atoms with E-state index in [2.05, 4.69) is 31.2 Å². The van der Waals surface area contributed by atoms with Gasteiger partial charge in [-0.25, -0.2) is 0 Å². The van der Waals surface area contributed by atoms with Crippen LogP contribution in [0.4, 0.5) is 0 Å². The van der Waals surface area contributed by atoms with Crippen molar-refractivity contribution in [3.05, 3.63) is 0 Å². The molecule has 2 unspecified atom stereocenters. The van der Waals surface area contributed by atoms with Crippen molar-refractivity contribution in [2.75, 3.05) is 27.2 Å². The minimum absolute atomic E-state index is 0.731. The molecule has 0 aromatic carbocycles. The number of hydrogen-bond acceptors (Lipinski definition) is 2. The molecule has 0 saturated carbocycles. The summed E-state index contributed by atoms with van der Waals surface area (Å²) in [5, 5.41) is 3.35. The van der Waals surface area contributed by atoms with Gasteiger partial charge in [0.2, 0.25) is 0 Å². The van der Waals surface area contributed by atoms with Crippen LogP contribution in [0, 0.1) is 5.92 Å². The highest BCUT2D eigenvalue weighted by molar-refractivity contribution is 4.85. The Hall–Kier alpha value is -0.0800. The molecule has 1 fully saturated rings. The third kappa shape index (κ3) is 1.50. The Balaban J connectivity index is 2.41. The molecule has 60 valence electrons. The van der Waals surface area contributed by atoms with Crippen LogP contribution in [-0.2, 0) is 0 Å². The quantitative estimate of drug-likeness (QED) is 0.605. The van der Waals surface area contributed by atoms with Gasteiger partial charge in [-0.05, 0) is 20.0 Å². The van der Waals surface area contributed by atoms with Gasteiger partial charge in [0.05, 0.1) is 0 Å². The van der Waals surface area contributed by atoms with E-state index in [0.29, 0.717) is 0 Å². The Kier molecular flexibility index (Phi) is 2.69. The molecule has 0 amide bonds. The molecule has 0 bridgehead atoms. The molecule has 0 radical (unpaired) electrons. The lowest BCUT2D eigenvalue weighted by molar-refractivity contribution is 0.392. The Bertz CT molecular complexity index is 91.4. The Labute approximate surface area is 63.6 Å². The number of likely N-dealkylation sites (N-methyl/N-ethyl adjacent to an activating group) is 2. The molecule has 0 aromatic rings. The van der Waals surface area contributed by atoms with E-state index in [1.165, 1.54) is 19.5 Å². The first-order valence-electron chi connectivity index (χ1n) is 4.13. The number of nitrogens with zero attached hydrogens (tertiary/aromatic N) is 1. The van der Waals surface area contributed by atoms with E-state index < -0.39 is 0 Å². The van der Waals surface area contributed by atoms with Crippen LogP contribution in [0.2, 0.25) is 0 Å². The van der Waals surface area contributed by atoms with Crippen molar-refractivity contribution < 1.29 is 0 Å². The topological polar surface area (TPSA) is 15.3 Å². The molecule has 1 N–H and O–H groups in total. The van der Waals surface area contributed by atoms with Crippen LogP contribution in [0.5, 0.6) is 0 Å². The summed E-state index contributed by atoms with van der Waals surface area (Å²) in [5.74, 6) is 0.870. The maximum Gasteiger partial charge on any atom is 0.0232 e. The summed E-state index contributed by atoms with van der Waals surface area (Å²) >= 11 is 0. The molecule has 0 spiro atoms. The van der Waals surface area contributed by atoms with Gasteiger partial charge in [0, 0.05) is 19.1 Å². The monoisotopic (exact) mass is 142 g/mol. The summed E-state index contributed by atoms with van der Waals surface area (Å²) in [7, 11) is 4.26. The first-order chi connectivity index (χ1) is 4.77. The Morgan fingerprint density at radius 2 is 2.20 bits per heavy atom. The highest BCUT2D eigenvalue weighted by Crippen LogP contribution is 2.17. The van der Waals surface area contributed by atoms with Crippen LogP contribution in [0.15, 0.2) is 0 Å². The lowest BCUT2D eigenvalue weighted by Gasteiger charge is -2.14. The van der Waals surface area contributed by atoms with Crippen molar-refractivity contribution in [1.82, 2.24) is 10.2 Å². The zero-order valence-corrected chi connectivity index (χ0v) is 7.22. The van der Waals surface area contributed by atoms with Gasteiger partial charge in [-0.2, -0.15) is 0 Å². The van der Waals surface area contributed by atoms with Gasteiger partial charge in [0.25, 0.3) is 0 Å². The molecule has 1 aliphatic heterocycles. The molecule has 10 heavy (non-hydrogen) atoms. The van der Waals surface area contributed by atoms with Crippen molar-refractivity contribution in [2.24, 2.45) is 5.92 Å². The molecule has 2 atom stereocenters. The predicted octanol–water partition coefficient (Wildman–Crippen LogP) is 0.546. The van der Waals surface area contributed by atoms with Gasteiger partial charge in [0.1, 0.15) is 0 Å². The average Bonchev–Trinajstić information content (AvgIpc) is 2.30. The van der Waals surface area contributed by atoms with E-state index in [1.807, 2.05) is 0 Å². The zero-order valence-electron chi connectivity index (χ0n) is 7.22. The van der Waals surface area contributed by atoms with Crippen molar-refractivity contribution in [3.8, 4) is 0 Å². The van der Waals surface area contributed by atoms with E-state index in [9.17, 15) is 0 Å². The summed E-state index contributed by atoms with van der Waals surface area (Å²) in [5.41, 5.74) is 0. The molecule has 2 nitrogen and oxygen atoms in total. The van der Waals surface area contributed by atoms with Crippen LogP contribution in [0.3, 0.4) is 0 Å². The lowest BCUT2D eigenvalue weighted by Crippen LogP contribution is -2.32. The normalized spacial score (nSPS) is 35.1. The van der Waals surface area contributed by atoms with Crippen LogP contribution >= 0.6 is 0 Å². The molecule has 1 aliphatic rings. The fourth-order valence-electron chi connectivity index (χ4n) is 1.83. The molecule has 1 heterocycles. The second-order valence-electron chi connectivity index (χ2n) is 3.28. The number of likely N-dealkylation sites (tertiary alicyclic amines) is 1. The minimum atomic E-state index is 0.731. The third-order valence-electron chi connectivity index (χ3n) is 2.52. The lowest BCUT2D eigenvalue weighted by atomic mass is 10.0. The minimum Gasteiger partial charge on any atom is -0.315 e. The van der Waals surface area contributed by atoms with Crippen LogP contribution < -0.4 is 5.32 Å². The number of rotatable bonds is 2. The SMILES string of the molecule is CCC1CN(C)CC1NC. The molecular weight excluding hydrogens is 124 g/mol. The van der Waals surface area contributed by atoms with E-state index in [0.717, 1.165) is 12.0 Å². The van der Waals surface area contributed by atoms with Gasteiger partial charge in [-0.15, -0.1) is 0 Å². The van der Waals surface area contributed by atoms with E-state index in [4.69, 9.17) is 0 Å². The molecule has 1 saturated heterocycles. The van der Waals surface area contributed by atoms with E-state index >= 15 is 0 Å². The third-order valence-corrected chi connectivity index (χ3v) is 2.52. The second kappa shape index (κ2) is 3.35. The number of hydrogen-bond donors (Lipinski definition) is 1. The fraction of sp³-hybridized carbons (Fsp3) is 1.00. The van der Waals surface area contributed by atoms with Gasteiger partial charge < -0.3 is 10.2 Å². The summed E-state index contributed by atoms with van der Waals surface area (Å²) < 4.78 is 0. The molecule has 0 aromatic heterocycles. The van der Waals surface area contributed by atoms with Gasteiger partial charge in [-0.1, -0.05) is 13.3 Å². The first-order valence-corrected chi connectivity index (χ1v) is 4.13. The highest BCUT2D eigenvalue weighted by Gasteiger charge is 2.27.